The van der Waals surface area contributed by atoms with E-state index in [1.165, 1.54) is 6.07 Å². The molecule has 25 heavy (non-hydrogen) atoms. The summed E-state index contributed by atoms with van der Waals surface area (Å²) in [5.41, 5.74) is 1.03. The number of hydrogen-bond acceptors (Lipinski definition) is 2. The number of benzene rings is 2. The Kier molecular flexibility index (Phi) is 6.51. The summed E-state index contributed by atoms with van der Waals surface area (Å²) in [5.74, 6) is -0.859. The van der Waals surface area contributed by atoms with Crippen LogP contribution in [0.4, 0.5) is 14.9 Å². The molecule has 0 aliphatic rings. The van der Waals surface area contributed by atoms with E-state index in [9.17, 15) is 14.0 Å². The van der Waals surface area contributed by atoms with Crippen LogP contribution in [-0.2, 0) is 11.3 Å². The topological polar surface area (TPSA) is 70.2 Å². The highest BCUT2D eigenvalue weighted by atomic mass is 19.1. The Bertz CT molecular complexity index is 720. The molecule has 0 saturated carbocycles. The Morgan fingerprint density at radius 2 is 1.64 bits per heavy atom. The monoisotopic (exact) mass is 343 g/mol. The van der Waals surface area contributed by atoms with Gasteiger partial charge >= 0.3 is 6.03 Å². The molecule has 0 bridgehead atoms. The molecule has 0 radical (unpaired) electrons. The molecular weight excluding hydrogens is 321 g/mol. The van der Waals surface area contributed by atoms with Gasteiger partial charge < -0.3 is 16.0 Å². The van der Waals surface area contributed by atoms with Crippen molar-refractivity contribution in [1.82, 2.24) is 10.6 Å². The lowest BCUT2D eigenvalue weighted by Gasteiger charge is -2.22. The van der Waals surface area contributed by atoms with E-state index in [2.05, 4.69) is 16.0 Å². The van der Waals surface area contributed by atoms with E-state index in [0.717, 1.165) is 0 Å². The van der Waals surface area contributed by atoms with Gasteiger partial charge in [0.2, 0.25) is 5.91 Å². The van der Waals surface area contributed by atoms with Crippen molar-refractivity contribution in [2.75, 3.05) is 5.32 Å². The summed E-state index contributed by atoms with van der Waals surface area (Å²) in [6, 6.07) is 14.0. The van der Waals surface area contributed by atoms with E-state index >= 15 is 0 Å². The summed E-state index contributed by atoms with van der Waals surface area (Å²) in [4.78, 5) is 24.5. The van der Waals surface area contributed by atoms with Crippen LogP contribution in [0.25, 0.3) is 0 Å². The number of para-hydroxylation sites is 1. The molecular formula is C19H22FN3O2. The Balaban J connectivity index is 1.93. The van der Waals surface area contributed by atoms with Gasteiger partial charge in [-0.05, 0) is 24.1 Å². The zero-order valence-electron chi connectivity index (χ0n) is 14.3. The molecule has 3 amide bonds. The van der Waals surface area contributed by atoms with Gasteiger partial charge in [-0.2, -0.15) is 0 Å². The molecule has 0 aliphatic carbocycles. The maximum absolute atomic E-state index is 13.6. The summed E-state index contributed by atoms with van der Waals surface area (Å²) in [7, 11) is 0. The lowest BCUT2D eigenvalue weighted by Crippen LogP contribution is -2.50. The first-order chi connectivity index (χ1) is 12.0. The summed E-state index contributed by atoms with van der Waals surface area (Å²) >= 11 is 0. The standard InChI is InChI=1S/C19H22FN3O2/c1-13(2)17(23-19(25)22-15-9-4-3-5-10-15)18(24)21-12-14-8-6-7-11-16(14)20/h3-11,13,17H,12H2,1-2H3,(H,21,24)(H2,22,23,25). The Labute approximate surface area is 146 Å². The van der Waals surface area contributed by atoms with Gasteiger partial charge in [-0.3, -0.25) is 4.79 Å². The van der Waals surface area contributed by atoms with Crippen LogP contribution in [0.2, 0.25) is 0 Å². The number of carbonyl (C=O) groups is 2. The molecule has 0 aromatic heterocycles. The molecule has 2 aromatic carbocycles. The minimum absolute atomic E-state index is 0.0662. The first-order valence-electron chi connectivity index (χ1n) is 8.11. The second-order valence-electron chi connectivity index (χ2n) is 6.00. The van der Waals surface area contributed by atoms with Gasteiger partial charge in [0.1, 0.15) is 11.9 Å². The number of amides is 3. The smallest absolute Gasteiger partial charge is 0.319 e. The van der Waals surface area contributed by atoms with Crippen molar-refractivity contribution in [3.05, 3.63) is 66.0 Å². The Morgan fingerprint density at radius 1 is 1.00 bits per heavy atom. The highest BCUT2D eigenvalue weighted by Gasteiger charge is 2.24. The van der Waals surface area contributed by atoms with E-state index in [1.807, 2.05) is 19.9 Å². The van der Waals surface area contributed by atoms with E-state index in [-0.39, 0.29) is 24.2 Å². The van der Waals surface area contributed by atoms with E-state index in [0.29, 0.717) is 11.3 Å². The Morgan fingerprint density at radius 3 is 2.28 bits per heavy atom. The highest BCUT2D eigenvalue weighted by molar-refractivity contribution is 5.93. The lowest BCUT2D eigenvalue weighted by atomic mass is 10.0. The number of halogens is 1. The number of rotatable bonds is 6. The third-order valence-corrected chi connectivity index (χ3v) is 3.68. The summed E-state index contributed by atoms with van der Waals surface area (Å²) < 4.78 is 13.6. The van der Waals surface area contributed by atoms with Crippen molar-refractivity contribution in [2.45, 2.75) is 26.4 Å². The fraction of sp³-hybridized carbons (Fsp3) is 0.263. The SMILES string of the molecule is CC(C)C(NC(=O)Nc1ccccc1)C(=O)NCc1ccccc1F. The third kappa shape index (κ3) is 5.60. The largest absolute Gasteiger partial charge is 0.350 e. The first-order valence-corrected chi connectivity index (χ1v) is 8.11. The number of urea groups is 1. The molecule has 0 fully saturated rings. The van der Waals surface area contributed by atoms with Crippen LogP contribution in [0.15, 0.2) is 54.6 Å². The third-order valence-electron chi connectivity index (χ3n) is 3.68. The summed E-state index contributed by atoms with van der Waals surface area (Å²) in [6.07, 6.45) is 0. The molecule has 2 aromatic rings. The van der Waals surface area contributed by atoms with Crippen LogP contribution in [0, 0.1) is 11.7 Å². The minimum Gasteiger partial charge on any atom is -0.350 e. The van der Waals surface area contributed by atoms with Crippen molar-refractivity contribution in [2.24, 2.45) is 5.92 Å². The zero-order chi connectivity index (χ0) is 18.2. The Hall–Kier alpha value is -2.89. The maximum Gasteiger partial charge on any atom is 0.319 e. The lowest BCUT2D eigenvalue weighted by molar-refractivity contribution is -0.124. The van der Waals surface area contributed by atoms with Crippen LogP contribution in [0.1, 0.15) is 19.4 Å². The van der Waals surface area contributed by atoms with Gasteiger partial charge in [0.05, 0.1) is 0 Å². The number of carbonyl (C=O) groups excluding carboxylic acids is 2. The average molecular weight is 343 g/mol. The van der Waals surface area contributed by atoms with Gasteiger partial charge in [-0.15, -0.1) is 0 Å². The quantitative estimate of drug-likeness (QED) is 0.753. The maximum atomic E-state index is 13.6. The summed E-state index contributed by atoms with van der Waals surface area (Å²) in [6.45, 7) is 3.73. The first kappa shape index (κ1) is 18.4. The molecule has 2 rings (SSSR count). The summed E-state index contributed by atoms with van der Waals surface area (Å²) in [5, 5.41) is 8.00. The highest BCUT2D eigenvalue weighted by Crippen LogP contribution is 2.08. The van der Waals surface area contributed by atoms with Gasteiger partial charge in [0.25, 0.3) is 0 Å². The van der Waals surface area contributed by atoms with Crippen LogP contribution in [0.3, 0.4) is 0 Å². The predicted molar refractivity (Wildman–Crippen MR) is 95.5 cm³/mol. The van der Waals surface area contributed by atoms with Crippen molar-refractivity contribution in [3.63, 3.8) is 0 Å². The fourth-order valence-corrected chi connectivity index (χ4v) is 2.30. The second-order valence-corrected chi connectivity index (χ2v) is 6.00. The van der Waals surface area contributed by atoms with E-state index in [1.54, 1.807) is 42.5 Å². The molecule has 0 spiro atoms. The van der Waals surface area contributed by atoms with Crippen LogP contribution >= 0.6 is 0 Å². The van der Waals surface area contributed by atoms with E-state index < -0.39 is 12.1 Å². The van der Waals surface area contributed by atoms with E-state index in [4.69, 9.17) is 0 Å². The molecule has 0 aliphatic heterocycles. The molecule has 0 saturated heterocycles. The molecule has 3 N–H and O–H groups in total. The second kappa shape index (κ2) is 8.82. The molecule has 132 valence electrons. The predicted octanol–water partition coefficient (Wildman–Crippen LogP) is 3.29. The normalized spacial score (nSPS) is 11.7. The number of hydrogen-bond donors (Lipinski definition) is 3. The number of anilines is 1. The van der Waals surface area contributed by atoms with Gasteiger partial charge in [-0.1, -0.05) is 50.2 Å². The van der Waals surface area contributed by atoms with Crippen molar-refractivity contribution in [3.8, 4) is 0 Å². The molecule has 1 unspecified atom stereocenters. The zero-order valence-corrected chi connectivity index (χ0v) is 14.3. The van der Waals surface area contributed by atoms with Gasteiger partial charge in [0.15, 0.2) is 0 Å². The number of nitrogens with one attached hydrogen (secondary N) is 3. The van der Waals surface area contributed by atoms with Crippen LogP contribution in [0.5, 0.6) is 0 Å². The van der Waals surface area contributed by atoms with Gasteiger partial charge in [-0.25, -0.2) is 9.18 Å². The van der Waals surface area contributed by atoms with Crippen molar-refractivity contribution >= 4 is 17.6 Å². The molecule has 1 atom stereocenters. The van der Waals surface area contributed by atoms with Crippen LogP contribution in [-0.4, -0.2) is 18.0 Å². The average Bonchev–Trinajstić information content (AvgIpc) is 2.59. The molecule has 6 heteroatoms. The van der Waals surface area contributed by atoms with Gasteiger partial charge in [0, 0.05) is 17.8 Å². The van der Waals surface area contributed by atoms with Crippen LogP contribution < -0.4 is 16.0 Å². The molecule has 5 nitrogen and oxygen atoms in total. The van der Waals surface area contributed by atoms with Crippen molar-refractivity contribution < 1.29 is 14.0 Å². The molecule has 0 heterocycles. The fourth-order valence-electron chi connectivity index (χ4n) is 2.30. The minimum atomic E-state index is -0.726. The van der Waals surface area contributed by atoms with Crippen molar-refractivity contribution in [1.29, 1.82) is 0 Å².